The van der Waals surface area contributed by atoms with E-state index < -0.39 is 0 Å². The Morgan fingerprint density at radius 1 is 1.47 bits per heavy atom. The number of hydrogen-bond acceptors (Lipinski definition) is 6. The molecule has 1 aliphatic heterocycles. The maximum atomic E-state index is 11.5. The number of carbonyl (C=O) groups excluding carboxylic acids is 1. The molecule has 1 aliphatic rings. The first-order valence-corrected chi connectivity index (χ1v) is 6.36. The molecule has 2 heterocycles. The first-order chi connectivity index (χ1) is 9.24. The van der Waals surface area contributed by atoms with Crippen molar-refractivity contribution in [2.24, 2.45) is 0 Å². The molecule has 0 saturated carbocycles. The van der Waals surface area contributed by atoms with Crippen LogP contribution in [-0.2, 0) is 4.74 Å². The lowest BCUT2D eigenvalue weighted by Crippen LogP contribution is -2.34. The third kappa shape index (κ3) is 3.39. The van der Waals surface area contributed by atoms with Gasteiger partial charge >= 0.3 is 0 Å². The molecule has 1 aromatic heterocycles. The van der Waals surface area contributed by atoms with Crippen molar-refractivity contribution in [2.75, 3.05) is 32.1 Å². The van der Waals surface area contributed by atoms with Crippen LogP contribution in [0.3, 0.4) is 0 Å². The zero-order valence-corrected chi connectivity index (χ0v) is 11.1. The molecule has 1 saturated heterocycles. The number of amides is 1. The van der Waals surface area contributed by atoms with Gasteiger partial charge in [0.05, 0.1) is 12.1 Å². The van der Waals surface area contributed by atoms with Gasteiger partial charge in [-0.05, 0) is 19.1 Å². The second-order valence-corrected chi connectivity index (χ2v) is 4.35. The lowest BCUT2D eigenvalue weighted by atomic mass is 10.2. The van der Waals surface area contributed by atoms with Crippen LogP contribution in [0.2, 0.25) is 0 Å². The molecule has 0 spiro atoms. The molecule has 2 rings (SSSR count). The summed E-state index contributed by atoms with van der Waals surface area (Å²) in [5.74, 6) is 0.433. The van der Waals surface area contributed by atoms with Gasteiger partial charge in [0.1, 0.15) is 5.82 Å². The minimum atomic E-state index is -0.209. The van der Waals surface area contributed by atoms with E-state index in [0.717, 1.165) is 13.1 Å². The van der Waals surface area contributed by atoms with Gasteiger partial charge in [-0.1, -0.05) is 0 Å². The molecule has 0 radical (unpaired) electrons. The average Bonchev–Trinajstić information content (AvgIpc) is 2.87. The summed E-state index contributed by atoms with van der Waals surface area (Å²) in [6.07, 6.45) is 0.116. The summed E-state index contributed by atoms with van der Waals surface area (Å²) in [7, 11) is 1.69. The number of anilines is 1. The van der Waals surface area contributed by atoms with Crippen LogP contribution in [0.4, 0.5) is 5.82 Å². The van der Waals surface area contributed by atoms with E-state index in [1.807, 2.05) is 6.92 Å². The van der Waals surface area contributed by atoms with Crippen molar-refractivity contribution in [3.8, 4) is 0 Å². The molecule has 104 valence electrons. The minimum absolute atomic E-state index is 0.116. The van der Waals surface area contributed by atoms with Gasteiger partial charge in [-0.3, -0.25) is 4.79 Å². The molecule has 1 aromatic rings. The number of aromatic nitrogens is 2. The first-order valence-electron chi connectivity index (χ1n) is 6.36. The van der Waals surface area contributed by atoms with Gasteiger partial charge < -0.3 is 20.7 Å². The highest BCUT2D eigenvalue weighted by Gasteiger charge is 2.26. The van der Waals surface area contributed by atoms with Crippen molar-refractivity contribution in [3.05, 3.63) is 17.8 Å². The fraction of sp³-hybridized carbons (Fsp3) is 0.583. The fourth-order valence-electron chi connectivity index (χ4n) is 2.02. The highest BCUT2D eigenvalue weighted by molar-refractivity contribution is 5.92. The van der Waals surface area contributed by atoms with Crippen molar-refractivity contribution < 1.29 is 9.53 Å². The van der Waals surface area contributed by atoms with Crippen LogP contribution in [0, 0.1) is 0 Å². The highest BCUT2D eigenvalue weighted by atomic mass is 16.5. The van der Waals surface area contributed by atoms with Crippen molar-refractivity contribution in [1.82, 2.24) is 20.8 Å². The summed E-state index contributed by atoms with van der Waals surface area (Å²) < 4.78 is 5.35. The third-order valence-electron chi connectivity index (χ3n) is 3.03. The lowest BCUT2D eigenvalue weighted by molar-refractivity contribution is 0.0949. The number of rotatable bonds is 5. The van der Waals surface area contributed by atoms with Gasteiger partial charge in [-0.25, -0.2) is 0 Å². The summed E-state index contributed by atoms with van der Waals surface area (Å²) in [5, 5.41) is 17.1. The third-order valence-corrected chi connectivity index (χ3v) is 3.03. The molecule has 3 N–H and O–H groups in total. The second kappa shape index (κ2) is 6.44. The number of hydrogen-bond donors (Lipinski definition) is 3. The van der Waals surface area contributed by atoms with Crippen LogP contribution in [0.25, 0.3) is 0 Å². The zero-order chi connectivity index (χ0) is 13.7. The summed E-state index contributed by atoms with van der Waals surface area (Å²) in [4.78, 5) is 11.5. The molecule has 2 atom stereocenters. The Labute approximate surface area is 112 Å². The fourth-order valence-corrected chi connectivity index (χ4v) is 2.02. The van der Waals surface area contributed by atoms with Gasteiger partial charge in [0.25, 0.3) is 5.91 Å². The number of nitrogens with one attached hydrogen (secondary N) is 3. The maximum absolute atomic E-state index is 11.5. The minimum Gasteiger partial charge on any atom is -0.378 e. The van der Waals surface area contributed by atoms with Crippen LogP contribution < -0.4 is 16.0 Å². The van der Waals surface area contributed by atoms with E-state index in [0.29, 0.717) is 18.1 Å². The molecule has 7 heteroatoms. The van der Waals surface area contributed by atoms with E-state index in [-0.39, 0.29) is 18.1 Å². The summed E-state index contributed by atoms with van der Waals surface area (Å²) >= 11 is 0. The lowest BCUT2D eigenvalue weighted by Gasteiger charge is -2.18. The van der Waals surface area contributed by atoms with Crippen LogP contribution in [0.15, 0.2) is 12.1 Å². The van der Waals surface area contributed by atoms with Crippen LogP contribution in [0.5, 0.6) is 0 Å². The Bertz CT molecular complexity index is 423. The molecule has 7 nitrogen and oxygen atoms in total. The average molecular weight is 265 g/mol. The normalized spacial score (nSPS) is 22.2. The number of methoxy groups -OCH3 is 1. The number of ether oxygens (including phenoxy) is 1. The molecular weight excluding hydrogens is 246 g/mol. The topological polar surface area (TPSA) is 88.2 Å². The van der Waals surface area contributed by atoms with Crippen molar-refractivity contribution in [1.29, 1.82) is 0 Å². The molecule has 0 aliphatic carbocycles. The Hall–Kier alpha value is -1.73. The molecule has 1 amide bonds. The van der Waals surface area contributed by atoms with Crippen LogP contribution in [0.1, 0.15) is 17.4 Å². The Kier molecular flexibility index (Phi) is 4.64. The molecule has 1 unspecified atom stereocenters. The number of nitrogens with zero attached hydrogens (tertiary/aromatic N) is 2. The summed E-state index contributed by atoms with van der Waals surface area (Å²) in [6.45, 7) is 4.07. The first kappa shape index (κ1) is 13.7. The van der Waals surface area contributed by atoms with Crippen LogP contribution in [-0.4, -0.2) is 55.0 Å². The molecule has 1 fully saturated rings. The van der Waals surface area contributed by atoms with Gasteiger partial charge in [0.2, 0.25) is 0 Å². The maximum Gasteiger partial charge on any atom is 0.271 e. The van der Waals surface area contributed by atoms with E-state index in [1.165, 1.54) is 0 Å². The summed E-state index contributed by atoms with van der Waals surface area (Å²) in [6, 6.07) is 3.57. The Morgan fingerprint density at radius 3 is 2.95 bits per heavy atom. The van der Waals surface area contributed by atoms with Gasteiger partial charge in [-0.15, -0.1) is 10.2 Å². The largest absolute Gasteiger partial charge is 0.378 e. The predicted octanol–water partition coefficient (Wildman–Crippen LogP) is -0.375. The quantitative estimate of drug-likeness (QED) is 0.673. The molecule has 0 bridgehead atoms. The monoisotopic (exact) mass is 265 g/mol. The van der Waals surface area contributed by atoms with Crippen LogP contribution >= 0.6 is 0 Å². The SMILES string of the molecule is CCNC(=O)c1ccc(NC2CNC[C@@H]2OC)nn1. The summed E-state index contributed by atoms with van der Waals surface area (Å²) in [5.41, 5.74) is 0.320. The van der Waals surface area contributed by atoms with E-state index in [2.05, 4.69) is 26.1 Å². The Balaban J connectivity index is 1.97. The van der Waals surface area contributed by atoms with Crippen molar-refractivity contribution >= 4 is 11.7 Å². The van der Waals surface area contributed by atoms with Crippen molar-refractivity contribution in [2.45, 2.75) is 19.1 Å². The molecule has 19 heavy (non-hydrogen) atoms. The number of carbonyl (C=O) groups is 1. The van der Waals surface area contributed by atoms with E-state index in [9.17, 15) is 4.79 Å². The van der Waals surface area contributed by atoms with E-state index in [1.54, 1.807) is 19.2 Å². The standard InChI is InChI=1S/C12H19N5O2/c1-3-14-12(18)8-4-5-11(17-16-8)15-9-6-13-7-10(9)19-2/h4-5,9-10,13H,3,6-7H2,1-2H3,(H,14,18)(H,15,17)/t9?,10-/m0/s1. The Morgan fingerprint density at radius 2 is 2.32 bits per heavy atom. The molecule has 0 aromatic carbocycles. The van der Waals surface area contributed by atoms with Gasteiger partial charge in [-0.2, -0.15) is 0 Å². The van der Waals surface area contributed by atoms with Gasteiger partial charge in [0, 0.05) is 26.7 Å². The second-order valence-electron chi connectivity index (χ2n) is 4.35. The van der Waals surface area contributed by atoms with E-state index >= 15 is 0 Å². The van der Waals surface area contributed by atoms with E-state index in [4.69, 9.17) is 4.74 Å². The predicted molar refractivity (Wildman–Crippen MR) is 71.1 cm³/mol. The van der Waals surface area contributed by atoms with Gasteiger partial charge in [0.15, 0.2) is 5.69 Å². The smallest absolute Gasteiger partial charge is 0.271 e. The zero-order valence-electron chi connectivity index (χ0n) is 11.1. The molecular formula is C12H19N5O2. The van der Waals surface area contributed by atoms with Crippen molar-refractivity contribution in [3.63, 3.8) is 0 Å². The highest BCUT2D eigenvalue weighted by Crippen LogP contribution is 2.11.